The molecule has 172 valence electrons. The summed E-state index contributed by atoms with van der Waals surface area (Å²) in [6.45, 7) is 6.16. The van der Waals surface area contributed by atoms with Crippen molar-refractivity contribution in [2.45, 2.75) is 45.6 Å². The molecule has 32 heavy (non-hydrogen) atoms. The van der Waals surface area contributed by atoms with Crippen LogP contribution < -0.4 is 20.1 Å². The second kappa shape index (κ2) is 12.1. The summed E-state index contributed by atoms with van der Waals surface area (Å²) in [6, 6.07) is 12.8. The zero-order valence-electron chi connectivity index (χ0n) is 18.8. The van der Waals surface area contributed by atoms with Crippen molar-refractivity contribution in [3.05, 3.63) is 53.6 Å². The van der Waals surface area contributed by atoms with E-state index in [0.29, 0.717) is 48.9 Å². The first kappa shape index (κ1) is 23.6. The first-order chi connectivity index (χ1) is 15.6. The molecule has 1 fully saturated rings. The van der Waals surface area contributed by atoms with Crippen LogP contribution in [-0.4, -0.2) is 44.3 Å². The highest BCUT2D eigenvalue weighted by atomic mass is 16.5. The molecule has 1 aliphatic rings. The topological polar surface area (TPSA) is 85.9 Å². The Morgan fingerprint density at radius 1 is 1.06 bits per heavy atom. The van der Waals surface area contributed by atoms with E-state index in [0.717, 1.165) is 25.0 Å². The Morgan fingerprint density at radius 2 is 1.84 bits per heavy atom. The van der Waals surface area contributed by atoms with Crippen molar-refractivity contribution in [2.75, 3.05) is 31.7 Å². The average Bonchev–Trinajstić information content (AvgIpc) is 3.32. The van der Waals surface area contributed by atoms with Crippen LogP contribution in [0.15, 0.2) is 42.5 Å². The third-order valence-corrected chi connectivity index (χ3v) is 5.21. The Labute approximate surface area is 189 Å². The largest absolute Gasteiger partial charge is 0.490 e. The normalized spacial score (nSPS) is 15.2. The Hall–Kier alpha value is -3.06. The van der Waals surface area contributed by atoms with Crippen molar-refractivity contribution in [1.29, 1.82) is 0 Å². The highest BCUT2D eigenvalue weighted by molar-refractivity contribution is 6.03. The SMILES string of the molecule is CCOc1ccc(CCC(=O)Nc2ccccc2C(=O)NC[C@H]2CCCO2)cc1OCC. The Kier molecular flexibility index (Phi) is 8.92. The van der Waals surface area contributed by atoms with E-state index in [1.54, 1.807) is 24.3 Å². The fourth-order valence-corrected chi connectivity index (χ4v) is 3.62. The molecular formula is C25H32N2O5. The predicted molar refractivity (Wildman–Crippen MR) is 123 cm³/mol. The number of ether oxygens (including phenoxy) is 3. The number of carbonyl (C=O) groups is 2. The molecule has 0 radical (unpaired) electrons. The van der Waals surface area contributed by atoms with Crippen molar-refractivity contribution in [3.63, 3.8) is 0 Å². The maximum absolute atomic E-state index is 12.6. The van der Waals surface area contributed by atoms with Crippen LogP contribution in [0.25, 0.3) is 0 Å². The number of benzene rings is 2. The van der Waals surface area contributed by atoms with Gasteiger partial charge in [-0.3, -0.25) is 9.59 Å². The van der Waals surface area contributed by atoms with Crippen LogP contribution in [-0.2, 0) is 16.0 Å². The molecule has 7 nitrogen and oxygen atoms in total. The van der Waals surface area contributed by atoms with Crippen molar-refractivity contribution < 1.29 is 23.8 Å². The van der Waals surface area contributed by atoms with E-state index in [4.69, 9.17) is 14.2 Å². The summed E-state index contributed by atoms with van der Waals surface area (Å²) in [6.07, 6.45) is 2.87. The molecule has 1 aliphatic heterocycles. The van der Waals surface area contributed by atoms with Gasteiger partial charge in [0.25, 0.3) is 5.91 Å². The molecule has 3 rings (SSSR count). The van der Waals surface area contributed by atoms with Gasteiger partial charge in [-0.1, -0.05) is 18.2 Å². The van der Waals surface area contributed by atoms with Gasteiger partial charge in [0.1, 0.15) is 0 Å². The minimum atomic E-state index is -0.218. The Balaban J connectivity index is 1.57. The number of rotatable bonds is 11. The fraction of sp³-hybridized carbons (Fsp3) is 0.440. The van der Waals surface area contributed by atoms with Gasteiger partial charge in [0.15, 0.2) is 11.5 Å². The van der Waals surface area contributed by atoms with E-state index in [9.17, 15) is 9.59 Å². The summed E-state index contributed by atoms with van der Waals surface area (Å²) < 4.78 is 16.8. The summed E-state index contributed by atoms with van der Waals surface area (Å²) in [5.41, 5.74) is 1.93. The van der Waals surface area contributed by atoms with Gasteiger partial charge < -0.3 is 24.8 Å². The number of carbonyl (C=O) groups excluding carboxylic acids is 2. The van der Waals surface area contributed by atoms with E-state index in [2.05, 4.69) is 10.6 Å². The summed E-state index contributed by atoms with van der Waals surface area (Å²) in [7, 11) is 0. The molecule has 0 saturated carbocycles. The van der Waals surface area contributed by atoms with Crippen LogP contribution in [0.4, 0.5) is 5.69 Å². The molecule has 2 aromatic rings. The average molecular weight is 441 g/mol. The summed E-state index contributed by atoms with van der Waals surface area (Å²) in [5.74, 6) is 1.01. The van der Waals surface area contributed by atoms with Crippen LogP contribution >= 0.6 is 0 Å². The maximum Gasteiger partial charge on any atom is 0.253 e. The van der Waals surface area contributed by atoms with Gasteiger partial charge in [-0.25, -0.2) is 0 Å². The van der Waals surface area contributed by atoms with Crippen LogP contribution in [0.3, 0.4) is 0 Å². The molecule has 2 aromatic carbocycles. The number of hydrogen-bond acceptors (Lipinski definition) is 5. The second-order valence-electron chi connectivity index (χ2n) is 7.59. The minimum Gasteiger partial charge on any atom is -0.490 e. The minimum absolute atomic E-state index is 0.0661. The molecule has 1 atom stereocenters. The zero-order chi connectivity index (χ0) is 22.8. The summed E-state index contributed by atoms with van der Waals surface area (Å²) in [4.78, 5) is 25.2. The first-order valence-corrected chi connectivity index (χ1v) is 11.3. The number of aryl methyl sites for hydroxylation is 1. The van der Waals surface area contributed by atoms with E-state index >= 15 is 0 Å². The van der Waals surface area contributed by atoms with Gasteiger partial charge in [-0.05, 0) is 62.9 Å². The van der Waals surface area contributed by atoms with Gasteiger partial charge in [-0.2, -0.15) is 0 Å². The molecule has 0 spiro atoms. The number of para-hydroxylation sites is 1. The van der Waals surface area contributed by atoms with Crippen molar-refractivity contribution in [3.8, 4) is 11.5 Å². The van der Waals surface area contributed by atoms with Crippen LogP contribution in [0.2, 0.25) is 0 Å². The number of amides is 2. The number of hydrogen-bond donors (Lipinski definition) is 2. The third kappa shape index (κ3) is 6.72. The molecule has 7 heteroatoms. The fourth-order valence-electron chi connectivity index (χ4n) is 3.62. The lowest BCUT2D eigenvalue weighted by molar-refractivity contribution is -0.116. The second-order valence-corrected chi connectivity index (χ2v) is 7.59. The lowest BCUT2D eigenvalue weighted by atomic mass is 10.1. The summed E-state index contributed by atoms with van der Waals surface area (Å²) in [5, 5.41) is 5.78. The monoisotopic (exact) mass is 440 g/mol. The van der Waals surface area contributed by atoms with E-state index in [-0.39, 0.29) is 24.3 Å². The first-order valence-electron chi connectivity index (χ1n) is 11.3. The van der Waals surface area contributed by atoms with Gasteiger partial charge in [0.2, 0.25) is 5.91 Å². The lowest BCUT2D eigenvalue weighted by Crippen LogP contribution is -2.32. The number of nitrogens with one attached hydrogen (secondary N) is 2. The Bertz CT molecular complexity index is 909. The smallest absolute Gasteiger partial charge is 0.253 e. The quantitative estimate of drug-likeness (QED) is 0.552. The van der Waals surface area contributed by atoms with Crippen LogP contribution in [0.1, 0.15) is 49.0 Å². The molecule has 1 heterocycles. The molecule has 2 N–H and O–H groups in total. The van der Waals surface area contributed by atoms with Gasteiger partial charge in [0.05, 0.1) is 30.6 Å². The molecule has 0 bridgehead atoms. The molecule has 1 saturated heterocycles. The zero-order valence-corrected chi connectivity index (χ0v) is 18.8. The predicted octanol–water partition coefficient (Wildman–Crippen LogP) is 3.96. The van der Waals surface area contributed by atoms with Crippen molar-refractivity contribution in [1.82, 2.24) is 5.32 Å². The third-order valence-electron chi connectivity index (χ3n) is 5.21. The van der Waals surface area contributed by atoms with Crippen LogP contribution in [0, 0.1) is 0 Å². The Morgan fingerprint density at radius 3 is 2.59 bits per heavy atom. The maximum atomic E-state index is 12.6. The number of anilines is 1. The van der Waals surface area contributed by atoms with E-state index < -0.39 is 0 Å². The lowest BCUT2D eigenvalue weighted by Gasteiger charge is -2.14. The molecule has 0 aromatic heterocycles. The van der Waals surface area contributed by atoms with Gasteiger partial charge in [0, 0.05) is 19.6 Å². The molecule has 0 unspecified atom stereocenters. The standard InChI is InChI=1S/C25H32N2O5/c1-3-30-22-13-11-18(16-23(22)31-4-2)12-14-24(28)27-21-10-6-5-9-20(21)25(29)26-17-19-8-7-15-32-19/h5-6,9-11,13,16,19H,3-4,7-8,12,14-15,17H2,1-2H3,(H,26,29)(H,27,28)/t19-/m1/s1. The highest BCUT2D eigenvalue weighted by Crippen LogP contribution is 2.29. The van der Waals surface area contributed by atoms with Crippen LogP contribution in [0.5, 0.6) is 11.5 Å². The van der Waals surface area contributed by atoms with Gasteiger partial charge in [-0.15, -0.1) is 0 Å². The van der Waals surface area contributed by atoms with E-state index in [1.807, 2.05) is 32.0 Å². The van der Waals surface area contributed by atoms with Crippen molar-refractivity contribution in [2.24, 2.45) is 0 Å². The summed E-state index contributed by atoms with van der Waals surface area (Å²) >= 11 is 0. The van der Waals surface area contributed by atoms with E-state index in [1.165, 1.54) is 0 Å². The molecular weight excluding hydrogens is 408 g/mol. The van der Waals surface area contributed by atoms with Gasteiger partial charge >= 0.3 is 0 Å². The molecule has 0 aliphatic carbocycles. The van der Waals surface area contributed by atoms with Crippen molar-refractivity contribution >= 4 is 17.5 Å². The molecule has 2 amide bonds. The highest BCUT2D eigenvalue weighted by Gasteiger charge is 2.18.